The lowest BCUT2D eigenvalue weighted by molar-refractivity contribution is -0.142. The zero-order chi connectivity index (χ0) is 15.8. The first-order valence-electron chi connectivity index (χ1n) is 6.85. The van der Waals surface area contributed by atoms with Gasteiger partial charge in [-0.2, -0.15) is 0 Å². The normalized spacial score (nSPS) is 19.7. The number of esters is 1. The number of likely N-dealkylation sites (tertiary alicyclic amines) is 1. The lowest BCUT2D eigenvalue weighted by Gasteiger charge is -2.32. The van der Waals surface area contributed by atoms with Crippen LogP contribution < -0.4 is 5.32 Å². The van der Waals surface area contributed by atoms with Gasteiger partial charge >= 0.3 is 18.0 Å². The molecular weight excluding hydrogens is 280 g/mol. The van der Waals surface area contributed by atoms with Gasteiger partial charge in [0.25, 0.3) is 0 Å². The van der Waals surface area contributed by atoms with Gasteiger partial charge in [-0.3, -0.25) is 4.79 Å². The van der Waals surface area contributed by atoms with Crippen LogP contribution in [0.15, 0.2) is 0 Å². The number of urea groups is 1. The minimum atomic E-state index is -1.17. The molecule has 1 aliphatic rings. The zero-order valence-electron chi connectivity index (χ0n) is 12.3. The summed E-state index contributed by atoms with van der Waals surface area (Å²) in [4.78, 5) is 35.8. The summed E-state index contributed by atoms with van der Waals surface area (Å²) in [6.45, 7) is 1.00. The monoisotopic (exact) mass is 302 g/mol. The Bertz CT molecular complexity index is 387. The predicted molar refractivity (Wildman–Crippen MR) is 72.8 cm³/mol. The Morgan fingerprint density at radius 3 is 2.67 bits per heavy atom. The number of hydrogen-bond donors (Lipinski definition) is 2. The van der Waals surface area contributed by atoms with Crippen molar-refractivity contribution in [3.05, 3.63) is 0 Å². The number of hydrogen-bond acceptors (Lipinski definition) is 5. The van der Waals surface area contributed by atoms with Gasteiger partial charge in [-0.25, -0.2) is 9.59 Å². The Morgan fingerprint density at radius 2 is 2.10 bits per heavy atom. The van der Waals surface area contributed by atoms with E-state index in [0.717, 1.165) is 12.8 Å². The van der Waals surface area contributed by atoms with E-state index < -0.39 is 24.0 Å². The largest absolute Gasteiger partial charge is 0.480 e. The van der Waals surface area contributed by atoms with Crippen LogP contribution in [0.1, 0.15) is 25.7 Å². The van der Waals surface area contributed by atoms with E-state index in [1.807, 2.05) is 0 Å². The molecule has 1 saturated heterocycles. The van der Waals surface area contributed by atoms with Crippen molar-refractivity contribution in [1.29, 1.82) is 0 Å². The Labute approximate surface area is 123 Å². The summed E-state index contributed by atoms with van der Waals surface area (Å²) in [6.07, 6.45) is 1.60. The Kier molecular flexibility index (Phi) is 6.93. The third-order valence-electron chi connectivity index (χ3n) is 3.46. The zero-order valence-corrected chi connectivity index (χ0v) is 12.3. The smallest absolute Gasteiger partial charge is 0.326 e. The predicted octanol–water partition coefficient (Wildman–Crippen LogP) is 0.213. The molecule has 0 aliphatic carbocycles. The van der Waals surface area contributed by atoms with E-state index in [-0.39, 0.29) is 18.9 Å². The first kappa shape index (κ1) is 17.2. The molecule has 1 unspecified atom stereocenters. The summed E-state index contributed by atoms with van der Waals surface area (Å²) in [5, 5.41) is 11.5. The Hall–Kier alpha value is -1.83. The maximum atomic E-state index is 12.1. The molecule has 0 aromatic carbocycles. The van der Waals surface area contributed by atoms with Crippen LogP contribution >= 0.6 is 0 Å². The van der Waals surface area contributed by atoms with Gasteiger partial charge in [-0.1, -0.05) is 0 Å². The van der Waals surface area contributed by atoms with Crippen LogP contribution in [0.3, 0.4) is 0 Å². The molecule has 2 N–H and O–H groups in total. The average Bonchev–Trinajstić information content (AvgIpc) is 2.50. The fourth-order valence-electron chi connectivity index (χ4n) is 2.18. The molecule has 0 aromatic rings. The molecule has 1 aliphatic heterocycles. The van der Waals surface area contributed by atoms with E-state index in [9.17, 15) is 14.4 Å². The third kappa shape index (κ3) is 5.58. The van der Waals surface area contributed by atoms with E-state index in [0.29, 0.717) is 13.1 Å². The van der Waals surface area contributed by atoms with Crippen LogP contribution in [0.2, 0.25) is 0 Å². The molecule has 1 rings (SSSR count). The molecule has 0 spiro atoms. The molecule has 0 radical (unpaired) electrons. The summed E-state index contributed by atoms with van der Waals surface area (Å²) < 4.78 is 9.68. The average molecular weight is 302 g/mol. The maximum absolute atomic E-state index is 12.1. The molecular formula is C13H22N2O6. The van der Waals surface area contributed by atoms with Gasteiger partial charge in [-0.05, 0) is 19.3 Å². The summed E-state index contributed by atoms with van der Waals surface area (Å²) in [7, 11) is 2.82. The molecule has 8 nitrogen and oxygen atoms in total. The number of carbonyl (C=O) groups excluding carboxylic acids is 2. The van der Waals surface area contributed by atoms with Crippen molar-refractivity contribution in [2.24, 2.45) is 0 Å². The van der Waals surface area contributed by atoms with Crippen molar-refractivity contribution in [2.75, 3.05) is 27.3 Å². The highest BCUT2D eigenvalue weighted by Gasteiger charge is 2.27. The van der Waals surface area contributed by atoms with E-state index in [4.69, 9.17) is 9.84 Å². The van der Waals surface area contributed by atoms with Gasteiger partial charge < -0.3 is 24.8 Å². The van der Waals surface area contributed by atoms with Crippen LogP contribution in [-0.4, -0.2) is 67.4 Å². The molecule has 21 heavy (non-hydrogen) atoms. The number of amides is 2. The summed E-state index contributed by atoms with van der Waals surface area (Å²) in [5.74, 6) is -1.68. The maximum Gasteiger partial charge on any atom is 0.326 e. The first-order chi connectivity index (χ1) is 9.97. The van der Waals surface area contributed by atoms with Gasteiger partial charge in [-0.15, -0.1) is 0 Å². The van der Waals surface area contributed by atoms with Crippen LogP contribution in [0.5, 0.6) is 0 Å². The second kappa shape index (κ2) is 8.46. The lowest BCUT2D eigenvalue weighted by atomic mass is 10.1. The van der Waals surface area contributed by atoms with E-state index in [1.54, 1.807) is 7.11 Å². The van der Waals surface area contributed by atoms with Gasteiger partial charge in [0.05, 0.1) is 13.2 Å². The molecule has 0 bridgehead atoms. The first-order valence-corrected chi connectivity index (χ1v) is 6.85. The lowest BCUT2D eigenvalue weighted by Crippen LogP contribution is -2.52. The number of methoxy groups -OCH3 is 2. The Morgan fingerprint density at radius 1 is 1.38 bits per heavy atom. The van der Waals surface area contributed by atoms with Gasteiger partial charge in [0.1, 0.15) is 6.04 Å². The van der Waals surface area contributed by atoms with Crippen molar-refractivity contribution < 1.29 is 29.0 Å². The van der Waals surface area contributed by atoms with Crippen molar-refractivity contribution in [3.63, 3.8) is 0 Å². The number of ether oxygens (including phenoxy) is 2. The minimum Gasteiger partial charge on any atom is -0.480 e. The van der Waals surface area contributed by atoms with Gasteiger partial charge in [0.15, 0.2) is 0 Å². The van der Waals surface area contributed by atoms with Crippen molar-refractivity contribution in [2.45, 2.75) is 37.8 Å². The highest BCUT2D eigenvalue weighted by molar-refractivity contribution is 5.83. The molecule has 8 heteroatoms. The van der Waals surface area contributed by atoms with Crippen LogP contribution in [0.4, 0.5) is 4.79 Å². The number of carboxylic acid groups (broad SMARTS) is 1. The third-order valence-corrected chi connectivity index (χ3v) is 3.46. The fourth-order valence-corrected chi connectivity index (χ4v) is 2.18. The molecule has 0 aromatic heterocycles. The van der Waals surface area contributed by atoms with Crippen LogP contribution in [0, 0.1) is 0 Å². The summed E-state index contributed by atoms with van der Waals surface area (Å²) in [6, 6.07) is -1.56. The molecule has 2 amide bonds. The summed E-state index contributed by atoms with van der Waals surface area (Å²) >= 11 is 0. The molecule has 1 heterocycles. The number of nitrogens with zero attached hydrogens (tertiary/aromatic N) is 1. The van der Waals surface area contributed by atoms with Crippen molar-refractivity contribution >= 4 is 18.0 Å². The van der Waals surface area contributed by atoms with Gasteiger partial charge in [0.2, 0.25) is 0 Å². The number of aliphatic carboxylic acids is 1. The van der Waals surface area contributed by atoms with Gasteiger partial charge in [0, 0.05) is 26.6 Å². The molecule has 120 valence electrons. The second-order valence-corrected chi connectivity index (χ2v) is 4.90. The Balaban J connectivity index is 2.51. The highest BCUT2D eigenvalue weighted by Crippen LogP contribution is 2.13. The quantitative estimate of drug-likeness (QED) is 0.680. The standard InChI is InChI=1S/C13H22N2O6/c1-20-9-4-3-7-15(8-9)13(19)14-10(12(17)18)5-6-11(16)21-2/h9-10H,3-8H2,1-2H3,(H,14,19)(H,17,18)/t9?,10-/m1/s1. The molecule has 0 saturated carbocycles. The number of piperidine rings is 1. The van der Waals surface area contributed by atoms with Crippen molar-refractivity contribution in [3.8, 4) is 0 Å². The van der Waals surface area contributed by atoms with E-state index >= 15 is 0 Å². The van der Waals surface area contributed by atoms with Crippen LogP contribution in [0.25, 0.3) is 0 Å². The number of nitrogens with one attached hydrogen (secondary N) is 1. The van der Waals surface area contributed by atoms with E-state index in [2.05, 4.69) is 10.1 Å². The SMILES string of the molecule is COC(=O)CC[C@@H](NC(=O)N1CCCC(OC)C1)C(=O)O. The van der Waals surface area contributed by atoms with Crippen molar-refractivity contribution in [1.82, 2.24) is 10.2 Å². The highest BCUT2D eigenvalue weighted by atomic mass is 16.5. The van der Waals surface area contributed by atoms with Crippen LogP contribution in [-0.2, 0) is 19.1 Å². The minimum absolute atomic E-state index is 0.00467. The van der Waals surface area contributed by atoms with E-state index in [1.165, 1.54) is 12.0 Å². The second-order valence-electron chi connectivity index (χ2n) is 4.90. The number of carbonyl (C=O) groups is 3. The fraction of sp³-hybridized carbons (Fsp3) is 0.769. The molecule has 2 atom stereocenters. The number of carboxylic acids is 1. The summed E-state index contributed by atoms with van der Waals surface area (Å²) in [5.41, 5.74) is 0. The number of rotatable bonds is 6. The molecule has 1 fully saturated rings. The topological polar surface area (TPSA) is 105 Å².